The molecule has 0 saturated carbocycles. The number of nitrogens with one attached hydrogen (secondary N) is 1. The van der Waals surface area contributed by atoms with Gasteiger partial charge in [0.25, 0.3) is 5.91 Å². The molecule has 0 aliphatic carbocycles. The first-order chi connectivity index (χ1) is 15.7. The molecule has 1 saturated heterocycles. The quantitative estimate of drug-likeness (QED) is 0.385. The van der Waals surface area contributed by atoms with Gasteiger partial charge in [-0.15, -0.1) is 0 Å². The SMILES string of the molecule is COc1cc(/C=N/NC(=O)CN2CCN(S(=O)(=O)c3ccc(Br)cc3)CC2)cc(OC)c1O. The van der Waals surface area contributed by atoms with Crippen LogP contribution in [-0.4, -0.2) is 81.8 Å². The minimum absolute atomic E-state index is 0.0890. The van der Waals surface area contributed by atoms with E-state index in [-0.39, 0.29) is 34.6 Å². The fourth-order valence-corrected chi connectivity index (χ4v) is 4.98. The van der Waals surface area contributed by atoms with Crippen LogP contribution < -0.4 is 14.9 Å². The minimum Gasteiger partial charge on any atom is -0.502 e. The van der Waals surface area contributed by atoms with Gasteiger partial charge in [0.05, 0.1) is 31.9 Å². The van der Waals surface area contributed by atoms with Gasteiger partial charge in [-0.2, -0.15) is 9.41 Å². The van der Waals surface area contributed by atoms with Crippen LogP contribution in [0.2, 0.25) is 0 Å². The Kier molecular flexibility index (Phi) is 8.30. The average Bonchev–Trinajstić information content (AvgIpc) is 2.80. The van der Waals surface area contributed by atoms with Crippen molar-refractivity contribution in [2.24, 2.45) is 5.10 Å². The van der Waals surface area contributed by atoms with Crippen LogP contribution in [0, 0.1) is 0 Å². The molecule has 12 heteroatoms. The van der Waals surface area contributed by atoms with Crippen LogP contribution in [0.4, 0.5) is 0 Å². The summed E-state index contributed by atoms with van der Waals surface area (Å²) in [6.45, 7) is 1.54. The lowest BCUT2D eigenvalue weighted by molar-refractivity contribution is -0.122. The highest BCUT2D eigenvalue weighted by Gasteiger charge is 2.29. The Morgan fingerprint density at radius 1 is 1.12 bits per heavy atom. The van der Waals surface area contributed by atoms with E-state index in [4.69, 9.17) is 9.47 Å². The number of benzene rings is 2. The van der Waals surface area contributed by atoms with E-state index >= 15 is 0 Å². The average molecular weight is 541 g/mol. The normalized spacial score (nSPS) is 15.5. The molecule has 1 amide bonds. The molecule has 0 unspecified atom stereocenters. The number of phenolic OH excluding ortho intramolecular Hbond substituents is 1. The van der Waals surface area contributed by atoms with Crippen molar-refractivity contribution in [3.05, 3.63) is 46.4 Å². The number of methoxy groups -OCH3 is 2. The molecule has 178 valence electrons. The molecule has 0 radical (unpaired) electrons. The third kappa shape index (κ3) is 6.22. The first-order valence-corrected chi connectivity index (χ1v) is 12.2. The number of piperazine rings is 1. The van der Waals surface area contributed by atoms with Crippen molar-refractivity contribution in [3.63, 3.8) is 0 Å². The number of ether oxygens (including phenoxy) is 2. The van der Waals surface area contributed by atoms with Crippen molar-refractivity contribution in [2.45, 2.75) is 4.90 Å². The molecule has 33 heavy (non-hydrogen) atoms. The summed E-state index contributed by atoms with van der Waals surface area (Å²) in [4.78, 5) is 14.4. The number of phenols is 1. The summed E-state index contributed by atoms with van der Waals surface area (Å²) < 4.78 is 38.0. The van der Waals surface area contributed by atoms with Gasteiger partial charge in [-0.25, -0.2) is 13.8 Å². The number of sulfonamides is 1. The maximum Gasteiger partial charge on any atom is 0.254 e. The first kappa shape index (κ1) is 25.0. The zero-order valence-corrected chi connectivity index (χ0v) is 20.6. The van der Waals surface area contributed by atoms with E-state index in [0.717, 1.165) is 4.47 Å². The molecule has 0 atom stereocenters. The second kappa shape index (κ2) is 11.0. The number of hydrazone groups is 1. The molecule has 2 aromatic carbocycles. The minimum atomic E-state index is -3.57. The number of carbonyl (C=O) groups excluding carboxylic acids is 1. The second-order valence-electron chi connectivity index (χ2n) is 7.20. The van der Waals surface area contributed by atoms with Crippen molar-refractivity contribution in [3.8, 4) is 17.2 Å². The van der Waals surface area contributed by atoms with Crippen LogP contribution >= 0.6 is 15.9 Å². The predicted molar refractivity (Wildman–Crippen MR) is 126 cm³/mol. The number of rotatable bonds is 8. The van der Waals surface area contributed by atoms with Gasteiger partial charge >= 0.3 is 0 Å². The molecule has 2 N–H and O–H groups in total. The maximum absolute atomic E-state index is 12.8. The lowest BCUT2D eigenvalue weighted by Crippen LogP contribution is -2.50. The van der Waals surface area contributed by atoms with Gasteiger partial charge in [-0.1, -0.05) is 15.9 Å². The molecule has 0 aromatic heterocycles. The zero-order chi connectivity index (χ0) is 24.0. The smallest absolute Gasteiger partial charge is 0.254 e. The second-order valence-corrected chi connectivity index (χ2v) is 10.1. The largest absolute Gasteiger partial charge is 0.502 e. The standard InChI is InChI=1S/C21H25BrN4O6S/c1-31-18-11-15(12-19(32-2)21(18)28)13-23-24-20(27)14-25-7-9-26(10-8-25)33(29,30)17-5-3-16(22)4-6-17/h3-6,11-13,28H,7-10,14H2,1-2H3,(H,24,27)/b23-13+. The van der Waals surface area contributed by atoms with Crippen molar-refractivity contribution in [2.75, 3.05) is 46.9 Å². The summed E-state index contributed by atoms with van der Waals surface area (Å²) in [6, 6.07) is 9.63. The van der Waals surface area contributed by atoms with Gasteiger partial charge < -0.3 is 14.6 Å². The molecule has 1 aliphatic rings. The molecule has 1 heterocycles. The topological polar surface area (TPSA) is 121 Å². The van der Waals surface area contributed by atoms with Crippen LogP contribution in [0.15, 0.2) is 50.9 Å². The summed E-state index contributed by atoms with van der Waals surface area (Å²) in [7, 11) is -0.731. The third-order valence-corrected chi connectivity index (χ3v) is 7.50. The van der Waals surface area contributed by atoms with Gasteiger partial charge in [-0.3, -0.25) is 9.69 Å². The van der Waals surface area contributed by atoms with Crippen LogP contribution in [0.25, 0.3) is 0 Å². The van der Waals surface area contributed by atoms with E-state index in [0.29, 0.717) is 31.7 Å². The Morgan fingerprint density at radius 2 is 1.70 bits per heavy atom. The summed E-state index contributed by atoms with van der Waals surface area (Å²) in [5.74, 6) is -0.00757. The lowest BCUT2D eigenvalue weighted by atomic mass is 10.2. The van der Waals surface area contributed by atoms with Crippen molar-refractivity contribution < 1.29 is 27.8 Å². The van der Waals surface area contributed by atoms with E-state index < -0.39 is 10.0 Å². The molecule has 0 bridgehead atoms. The number of amides is 1. The molecule has 2 aromatic rings. The summed E-state index contributed by atoms with van der Waals surface area (Å²) in [5, 5.41) is 13.9. The number of carbonyl (C=O) groups is 1. The number of hydrogen-bond acceptors (Lipinski definition) is 8. The van der Waals surface area contributed by atoms with Crippen LogP contribution in [0.1, 0.15) is 5.56 Å². The summed E-state index contributed by atoms with van der Waals surface area (Å²) in [6.07, 6.45) is 1.41. The van der Waals surface area contributed by atoms with Gasteiger partial charge in [-0.05, 0) is 36.4 Å². The van der Waals surface area contributed by atoms with E-state index in [1.165, 1.54) is 24.7 Å². The van der Waals surface area contributed by atoms with Crippen molar-refractivity contribution >= 4 is 38.1 Å². The molecule has 3 rings (SSSR count). The molecule has 10 nitrogen and oxygen atoms in total. The van der Waals surface area contributed by atoms with Gasteiger partial charge in [0, 0.05) is 36.2 Å². The summed E-state index contributed by atoms with van der Waals surface area (Å²) >= 11 is 3.30. The maximum atomic E-state index is 12.8. The van der Waals surface area contributed by atoms with E-state index in [9.17, 15) is 18.3 Å². The molecule has 1 fully saturated rings. The van der Waals surface area contributed by atoms with Crippen LogP contribution in [0.3, 0.4) is 0 Å². The monoisotopic (exact) mass is 540 g/mol. The molecule has 0 spiro atoms. The first-order valence-electron chi connectivity index (χ1n) is 9.99. The highest BCUT2D eigenvalue weighted by atomic mass is 79.9. The van der Waals surface area contributed by atoms with Crippen molar-refractivity contribution in [1.82, 2.24) is 14.6 Å². The number of halogens is 1. The molecular weight excluding hydrogens is 516 g/mol. The Hall–Kier alpha value is -2.67. The third-order valence-electron chi connectivity index (χ3n) is 5.05. The Bertz CT molecular complexity index is 1090. The summed E-state index contributed by atoms with van der Waals surface area (Å²) in [5.41, 5.74) is 3.01. The molecule has 1 aliphatic heterocycles. The van der Waals surface area contributed by atoms with E-state index in [1.807, 2.05) is 4.90 Å². The van der Waals surface area contributed by atoms with Crippen LogP contribution in [0.5, 0.6) is 17.2 Å². The lowest BCUT2D eigenvalue weighted by Gasteiger charge is -2.33. The van der Waals surface area contributed by atoms with E-state index in [1.54, 1.807) is 36.4 Å². The number of hydrogen-bond donors (Lipinski definition) is 2. The highest BCUT2D eigenvalue weighted by Crippen LogP contribution is 2.36. The predicted octanol–water partition coefficient (Wildman–Crippen LogP) is 1.63. The van der Waals surface area contributed by atoms with Gasteiger partial charge in [0.1, 0.15) is 0 Å². The van der Waals surface area contributed by atoms with E-state index in [2.05, 4.69) is 26.5 Å². The fraction of sp³-hybridized carbons (Fsp3) is 0.333. The fourth-order valence-electron chi connectivity index (χ4n) is 3.29. The van der Waals surface area contributed by atoms with Gasteiger partial charge in [0.15, 0.2) is 11.5 Å². The van der Waals surface area contributed by atoms with Crippen molar-refractivity contribution in [1.29, 1.82) is 0 Å². The Morgan fingerprint density at radius 3 is 2.24 bits per heavy atom. The van der Waals surface area contributed by atoms with Crippen LogP contribution in [-0.2, 0) is 14.8 Å². The number of nitrogens with zero attached hydrogens (tertiary/aromatic N) is 3. The Balaban J connectivity index is 1.51. The number of aromatic hydroxyl groups is 1. The Labute approximate surface area is 201 Å². The van der Waals surface area contributed by atoms with Gasteiger partial charge in [0.2, 0.25) is 15.8 Å². The molecular formula is C21H25BrN4O6S. The highest BCUT2D eigenvalue weighted by molar-refractivity contribution is 9.10. The zero-order valence-electron chi connectivity index (χ0n) is 18.2.